The van der Waals surface area contributed by atoms with Gasteiger partial charge < -0.3 is 5.32 Å². The molecule has 1 fully saturated rings. The van der Waals surface area contributed by atoms with Gasteiger partial charge in [0.25, 0.3) is 0 Å². The maximum absolute atomic E-state index is 4.69. The second-order valence-electron chi connectivity index (χ2n) is 7.09. The Labute approximate surface area is 130 Å². The lowest BCUT2D eigenvalue weighted by molar-refractivity contribution is 0.170. The minimum absolute atomic E-state index is 0.480. The average molecular weight is 288 g/mol. The van der Waals surface area contributed by atoms with Gasteiger partial charge in [0.2, 0.25) is 0 Å². The van der Waals surface area contributed by atoms with Crippen molar-refractivity contribution in [1.29, 1.82) is 0 Å². The molecule has 0 bridgehead atoms. The molecular weight excluding hydrogens is 256 g/mol. The Morgan fingerprint density at radius 2 is 1.95 bits per heavy atom. The van der Waals surface area contributed by atoms with Crippen LogP contribution in [0, 0.1) is 31.6 Å². The lowest BCUT2D eigenvalue weighted by Crippen LogP contribution is -2.34. The van der Waals surface area contributed by atoms with Crippen molar-refractivity contribution in [3.8, 4) is 0 Å². The van der Waals surface area contributed by atoms with Crippen LogP contribution in [0.1, 0.15) is 69.4 Å². The first kappa shape index (κ1) is 16.5. The molecular formula is C19H32N2. The molecule has 2 rings (SSSR count). The predicted molar refractivity (Wildman–Crippen MR) is 90.4 cm³/mol. The molecule has 0 radical (unpaired) electrons. The topological polar surface area (TPSA) is 24.9 Å². The highest BCUT2D eigenvalue weighted by Crippen LogP contribution is 2.40. The summed E-state index contributed by atoms with van der Waals surface area (Å²) in [5, 5.41) is 3.81. The Balaban J connectivity index is 2.21. The molecule has 118 valence electrons. The van der Waals surface area contributed by atoms with E-state index in [2.05, 4.69) is 52.1 Å². The maximum Gasteiger partial charge on any atom is 0.0423 e. The van der Waals surface area contributed by atoms with Crippen LogP contribution in [0.2, 0.25) is 0 Å². The van der Waals surface area contributed by atoms with Gasteiger partial charge in [-0.25, -0.2) is 0 Å². The van der Waals surface area contributed by atoms with Crippen LogP contribution in [0.5, 0.6) is 0 Å². The van der Waals surface area contributed by atoms with E-state index in [0.717, 1.165) is 30.0 Å². The summed E-state index contributed by atoms with van der Waals surface area (Å²) in [5.74, 6) is 2.48. The zero-order chi connectivity index (χ0) is 15.4. The van der Waals surface area contributed by atoms with Crippen molar-refractivity contribution in [2.45, 2.75) is 66.3 Å². The quantitative estimate of drug-likeness (QED) is 0.841. The number of nitrogens with one attached hydrogen (secondary N) is 1. The molecule has 0 saturated heterocycles. The summed E-state index contributed by atoms with van der Waals surface area (Å²) in [6, 6.07) is 4.94. The molecule has 1 aromatic rings. The third kappa shape index (κ3) is 4.06. The third-order valence-electron chi connectivity index (χ3n) is 5.33. The number of aryl methyl sites for hydroxylation is 2. The van der Waals surface area contributed by atoms with E-state index < -0.39 is 0 Å². The van der Waals surface area contributed by atoms with E-state index in [-0.39, 0.29) is 0 Å². The van der Waals surface area contributed by atoms with Gasteiger partial charge >= 0.3 is 0 Å². The van der Waals surface area contributed by atoms with Crippen molar-refractivity contribution in [1.82, 2.24) is 10.3 Å². The molecule has 1 aliphatic carbocycles. The number of pyridine rings is 1. The Kier molecular flexibility index (Phi) is 5.80. The highest BCUT2D eigenvalue weighted by molar-refractivity contribution is 5.26. The van der Waals surface area contributed by atoms with E-state index in [9.17, 15) is 0 Å². The molecule has 0 amide bonds. The van der Waals surface area contributed by atoms with Gasteiger partial charge in [0.1, 0.15) is 0 Å². The highest BCUT2D eigenvalue weighted by Gasteiger charge is 2.31. The molecule has 1 aromatic heterocycles. The normalized spacial score (nSPS) is 27.6. The molecule has 0 aromatic carbocycles. The zero-order valence-corrected chi connectivity index (χ0v) is 14.4. The lowest BCUT2D eigenvalue weighted by Gasteiger charge is -2.37. The van der Waals surface area contributed by atoms with Crippen molar-refractivity contribution >= 4 is 0 Å². The number of hydrogen-bond acceptors (Lipinski definition) is 2. The van der Waals surface area contributed by atoms with Gasteiger partial charge in [-0.05, 0) is 69.0 Å². The van der Waals surface area contributed by atoms with Crippen LogP contribution in [-0.2, 0) is 0 Å². The minimum atomic E-state index is 0.480. The van der Waals surface area contributed by atoms with Crippen LogP contribution < -0.4 is 5.32 Å². The molecule has 1 saturated carbocycles. The molecule has 1 heterocycles. The monoisotopic (exact) mass is 288 g/mol. The second-order valence-corrected chi connectivity index (χ2v) is 7.09. The largest absolute Gasteiger partial charge is 0.310 e. The van der Waals surface area contributed by atoms with Gasteiger partial charge in [0.05, 0.1) is 0 Å². The van der Waals surface area contributed by atoms with E-state index in [1.165, 1.54) is 36.9 Å². The fourth-order valence-electron chi connectivity index (χ4n) is 3.75. The fourth-order valence-corrected chi connectivity index (χ4v) is 3.75. The Hall–Kier alpha value is -0.890. The Morgan fingerprint density at radius 3 is 2.57 bits per heavy atom. The van der Waals surface area contributed by atoms with E-state index in [1.807, 2.05) is 0 Å². The minimum Gasteiger partial charge on any atom is -0.310 e. The fraction of sp³-hybridized carbons (Fsp3) is 0.737. The molecule has 1 N–H and O–H groups in total. The molecule has 21 heavy (non-hydrogen) atoms. The molecule has 2 heteroatoms. The second kappa shape index (κ2) is 7.40. The Morgan fingerprint density at radius 1 is 1.19 bits per heavy atom. The number of aromatic nitrogens is 1. The molecule has 2 nitrogen and oxygen atoms in total. The summed E-state index contributed by atoms with van der Waals surface area (Å²) >= 11 is 0. The van der Waals surface area contributed by atoms with Crippen molar-refractivity contribution in [3.05, 3.63) is 29.1 Å². The summed E-state index contributed by atoms with van der Waals surface area (Å²) in [6.07, 6.45) is 5.25. The predicted octanol–water partition coefficient (Wildman–Crippen LogP) is 4.81. The summed E-state index contributed by atoms with van der Waals surface area (Å²) in [5.41, 5.74) is 3.74. The smallest absolute Gasteiger partial charge is 0.0423 e. The zero-order valence-electron chi connectivity index (χ0n) is 14.4. The van der Waals surface area contributed by atoms with E-state index in [0.29, 0.717) is 6.04 Å². The van der Waals surface area contributed by atoms with Gasteiger partial charge in [0.15, 0.2) is 0 Å². The number of nitrogens with zero attached hydrogens (tertiary/aromatic N) is 1. The number of hydrogen-bond donors (Lipinski definition) is 1. The standard InChI is InChI=1S/C19H32N2/c1-6-11-20-19(17-9-7-13(2)14(3)12-17)18-10-8-15(4)21-16(18)5/h8,10,13-14,17,19-20H,6-7,9,11-12H2,1-5H3. The summed E-state index contributed by atoms with van der Waals surface area (Å²) in [6.45, 7) is 12.4. The van der Waals surface area contributed by atoms with Gasteiger partial charge in [-0.15, -0.1) is 0 Å². The molecule has 0 aliphatic heterocycles. The van der Waals surface area contributed by atoms with Crippen molar-refractivity contribution in [2.24, 2.45) is 17.8 Å². The van der Waals surface area contributed by atoms with E-state index in [1.54, 1.807) is 0 Å². The first-order valence-electron chi connectivity index (χ1n) is 8.70. The van der Waals surface area contributed by atoms with Crippen LogP contribution in [0.15, 0.2) is 12.1 Å². The van der Waals surface area contributed by atoms with Crippen LogP contribution >= 0.6 is 0 Å². The maximum atomic E-state index is 4.69. The van der Waals surface area contributed by atoms with Crippen LogP contribution in [0.4, 0.5) is 0 Å². The molecule has 0 spiro atoms. The Bertz CT molecular complexity index is 455. The van der Waals surface area contributed by atoms with Gasteiger partial charge in [0, 0.05) is 17.4 Å². The SMILES string of the molecule is CCCNC(c1ccc(C)nc1C)C1CCC(C)C(C)C1. The summed E-state index contributed by atoms with van der Waals surface area (Å²) < 4.78 is 0. The van der Waals surface area contributed by atoms with Crippen molar-refractivity contribution < 1.29 is 0 Å². The first-order chi connectivity index (χ1) is 10.0. The van der Waals surface area contributed by atoms with Crippen LogP contribution in [0.25, 0.3) is 0 Å². The molecule has 1 aliphatic rings. The van der Waals surface area contributed by atoms with Gasteiger partial charge in [-0.1, -0.05) is 33.3 Å². The lowest BCUT2D eigenvalue weighted by atomic mass is 9.72. The van der Waals surface area contributed by atoms with Crippen LogP contribution in [0.3, 0.4) is 0 Å². The van der Waals surface area contributed by atoms with E-state index >= 15 is 0 Å². The summed E-state index contributed by atoms with van der Waals surface area (Å²) in [7, 11) is 0. The van der Waals surface area contributed by atoms with Crippen molar-refractivity contribution in [2.75, 3.05) is 6.54 Å². The highest BCUT2D eigenvalue weighted by atomic mass is 14.9. The van der Waals surface area contributed by atoms with E-state index in [4.69, 9.17) is 4.98 Å². The van der Waals surface area contributed by atoms with Gasteiger partial charge in [-0.2, -0.15) is 0 Å². The molecule has 4 unspecified atom stereocenters. The average Bonchev–Trinajstić information content (AvgIpc) is 2.44. The van der Waals surface area contributed by atoms with Gasteiger partial charge in [-0.3, -0.25) is 4.98 Å². The summed E-state index contributed by atoms with van der Waals surface area (Å²) in [4.78, 5) is 4.69. The number of rotatable bonds is 5. The van der Waals surface area contributed by atoms with Crippen molar-refractivity contribution in [3.63, 3.8) is 0 Å². The third-order valence-corrected chi connectivity index (χ3v) is 5.33. The van der Waals surface area contributed by atoms with Crippen LogP contribution in [-0.4, -0.2) is 11.5 Å². The molecule has 4 atom stereocenters. The first-order valence-corrected chi connectivity index (χ1v) is 8.70.